The average molecular weight is 415 g/mol. The predicted octanol–water partition coefficient (Wildman–Crippen LogP) is 4.65. The van der Waals surface area contributed by atoms with Gasteiger partial charge in [0.05, 0.1) is 5.75 Å². The smallest absolute Gasteiger partial charge is 0.230 e. The molecule has 0 bridgehead atoms. The van der Waals surface area contributed by atoms with Crippen LogP contribution in [0.3, 0.4) is 0 Å². The lowest BCUT2D eigenvalue weighted by Crippen LogP contribution is -2.24. The summed E-state index contributed by atoms with van der Waals surface area (Å²) in [5.74, 6) is 0.989. The van der Waals surface area contributed by atoms with Crippen molar-refractivity contribution in [3.63, 3.8) is 0 Å². The van der Waals surface area contributed by atoms with Gasteiger partial charge in [0.15, 0.2) is 11.0 Å². The molecule has 1 N–H and O–H groups in total. The van der Waals surface area contributed by atoms with Gasteiger partial charge in [-0.05, 0) is 24.6 Å². The average Bonchev–Trinajstić information content (AvgIpc) is 3.22. The maximum atomic E-state index is 12.4. The van der Waals surface area contributed by atoms with Crippen molar-refractivity contribution in [2.45, 2.75) is 18.6 Å². The Morgan fingerprint density at radius 2 is 1.57 bits per heavy atom. The van der Waals surface area contributed by atoms with E-state index in [-0.39, 0.29) is 11.7 Å². The minimum atomic E-state index is -0.0386. The quantitative estimate of drug-likeness (QED) is 0.447. The van der Waals surface area contributed by atoms with E-state index in [1.165, 1.54) is 17.3 Å². The number of hydrogen-bond acceptors (Lipinski definition) is 4. The largest absolute Gasteiger partial charge is 0.351 e. The number of nitrogens with one attached hydrogen (secondary N) is 1. The molecule has 0 unspecified atom stereocenters. The normalized spacial score (nSPS) is 10.7. The van der Waals surface area contributed by atoms with E-state index < -0.39 is 0 Å². The fourth-order valence-electron chi connectivity index (χ4n) is 3.04. The van der Waals surface area contributed by atoms with Crippen LogP contribution in [0.1, 0.15) is 11.1 Å². The molecule has 1 aromatic heterocycles. The number of amides is 1. The van der Waals surface area contributed by atoms with E-state index in [1.54, 1.807) is 0 Å². The van der Waals surface area contributed by atoms with Crippen LogP contribution in [-0.4, -0.2) is 26.4 Å². The number of para-hydroxylation sites is 1. The van der Waals surface area contributed by atoms with Crippen LogP contribution in [0.25, 0.3) is 17.1 Å². The molecular formula is C24H22N4OS. The lowest BCUT2D eigenvalue weighted by Gasteiger charge is -2.10. The summed E-state index contributed by atoms with van der Waals surface area (Å²) >= 11 is 1.38. The van der Waals surface area contributed by atoms with Crippen molar-refractivity contribution in [3.05, 3.63) is 96.1 Å². The van der Waals surface area contributed by atoms with Gasteiger partial charge in [-0.15, -0.1) is 10.2 Å². The highest BCUT2D eigenvalue weighted by atomic mass is 32.2. The number of aromatic nitrogens is 3. The topological polar surface area (TPSA) is 59.8 Å². The Bertz CT molecular complexity index is 1110. The summed E-state index contributed by atoms with van der Waals surface area (Å²) in [6, 6.07) is 28.0. The summed E-state index contributed by atoms with van der Waals surface area (Å²) in [6.45, 7) is 2.57. The molecule has 1 amide bonds. The number of nitrogens with zero attached hydrogens (tertiary/aromatic N) is 3. The Morgan fingerprint density at radius 1 is 0.900 bits per heavy atom. The minimum absolute atomic E-state index is 0.0386. The van der Waals surface area contributed by atoms with E-state index in [4.69, 9.17) is 0 Å². The molecule has 6 heteroatoms. The number of carbonyl (C=O) groups is 1. The van der Waals surface area contributed by atoms with Crippen LogP contribution < -0.4 is 5.32 Å². The number of rotatable bonds is 7. The zero-order valence-electron chi connectivity index (χ0n) is 16.7. The minimum Gasteiger partial charge on any atom is -0.351 e. The predicted molar refractivity (Wildman–Crippen MR) is 121 cm³/mol. The summed E-state index contributed by atoms with van der Waals surface area (Å²) in [7, 11) is 0. The molecule has 0 fully saturated rings. The van der Waals surface area contributed by atoms with E-state index in [0.29, 0.717) is 11.7 Å². The Hall–Kier alpha value is -3.38. The van der Waals surface area contributed by atoms with E-state index in [9.17, 15) is 4.79 Å². The number of carbonyl (C=O) groups excluding carboxylic acids is 1. The second-order valence-electron chi connectivity index (χ2n) is 6.89. The molecule has 3 aromatic carbocycles. The van der Waals surface area contributed by atoms with Gasteiger partial charge >= 0.3 is 0 Å². The fourth-order valence-corrected chi connectivity index (χ4v) is 3.82. The molecule has 150 valence electrons. The molecular weight excluding hydrogens is 392 g/mol. The summed E-state index contributed by atoms with van der Waals surface area (Å²) in [4.78, 5) is 12.4. The lowest BCUT2D eigenvalue weighted by molar-refractivity contribution is -0.118. The molecule has 0 aliphatic heterocycles. The van der Waals surface area contributed by atoms with Crippen LogP contribution in [0, 0.1) is 6.92 Å². The third-order valence-corrected chi connectivity index (χ3v) is 5.55. The van der Waals surface area contributed by atoms with Gasteiger partial charge in [0.1, 0.15) is 0 Å². The Kier molecular flexibility index (Phi) is 6.25. The number of benzene rings is 3. The first kappa shape index (κ1) is 19.9. The second kappa shape index (κ2) is 9.41. The molecule has 5 nitrogen and oxygen atoms in total. The lowest BCUT2D eigenvalue weighted by atomic mass is 10.1. The highest BCUT2D eigenvalue weighted by molar-refractivity contribution is 7.99. The number of aryl methyl sites for hydroxylation is 1. The van der Waals surface area contributed by atoms with E-state index >= 15 is 0 Å². The van der Waals surface area contributed by atoms with Gasteiger partial charge in [0.25, 0.3) is 0 Å². The molecule has 0 saturated carbocycles. The van der Waals surface area contributed by atoms with Crippen molar-refractivity contribution in [2.75, 3.05) is 5.75 Å². The molecule has 0 atom stereocenters. The SMILES string of the molecule is Cc1ccc(-c2nnc(SCC(=O)NCc3ccccc3)n2-c2ccccc2)cc1. The first-order valence-corrected chi connectivity index (χ1v) is 10.7. The summed E-state index contributed by atoms with van der Waals surface area (Å²) in [6.07, 6.45) is 0. The first-order chi connectivity index (χ1) is 14.7. The zero-order chi connectivity index (χ0) is 20.8. The van der Waals surface area contributed by atoms with Gasteiger partial charge in [0, 0.05) is 17.8 Å². The maximum Gasteiger partial charge on any atom is 0.230 e. The molecule has 0 aliphatic carbocycles. The zero-order valence-corrected chi connectivity index (χ0v) is 17.5. The van der Waals surface area contributed by atoms with Gasteiger partial charge < -0.3 is 5.32 Å². The second-order valence-corrected chi connectivity index (χ2v) is 7.84. The molecule has 4 aromatic rings. The van der Waals surface area contributed by atoms with Gasteiger partial charge in [0.2, 0.25) is 5.91 Å². The summed E-state index contributed by atoms with van der Waals surface area (Å²) < 4.78 is 2.00. The number of hydrogen-bond donors (Lipinski definition) is 1. The molecule has 0 aliphatic rings. The van der Waals surface area contributed by atoms with E-state index in [0.717, 1.165) is 22.6 Å². The molecule has 0 spiro atoms. The van der Waals surface area contributed by atoms with Crippen LogP contribution in [0.4, 0.5) is 0 Å². The molecule has 1 heterocycles. The molecule has 0 radical (unpaired) electrons. The van der Waals surface area contributed by atoms with Crippen molar-refractivity contribution in [3.8, 4) is 17.1 Å². The van der Waals surface area contributed by atoms with Crippen molar-refractivity contribution in [1.29, 1.82) is 0 Å². The van der Waals surface area contributed by atoms with Crippen LogP contribution in [0.5, 0.6) is 0 Å². The van der Waals surface area contributed by atoms with Crippen LogP contribution in [-0.2, 0) is 11.3 Å². The van der Waals surface area contributed by atoms with E-state index in [1.807, 2.05) is 77.4 Å². The number of thioether (sulfide) groups is 1. The van der Waals surface area contributed by atoms with Gasteiger partial charge in [-0.25, -0.2) is 0 Å². The molecule has 0 saturated heterocycles. The fraction of sp³-hybridized carbons (Fsp3) is 0.125. The molecule has 4 rings (SSSR count). The van der Waals surface area contributed by atoms with Gasteiger partial charge in [-0.3, -0.25) is 9.36 Å². The van der Waals surface area contributed by atoms with Crippen molar-refractivity contribution in [2.24, 2.45) is 0 Å². The Labute approximate surface area is 180 Å². The Balaban J connectivity index is 1.53. The highest BCUT2D eigenvalue weighted by Gasteiger charge is 2.17. The summed E-state index contributed by atoms with van der Waals surface area (Å²) in [5, 5.41) is 12.4. The standard InChI is InChI=1S/C24H22N4OS/c1-18-12-14-20(15-13-18)23-26-27-24(28(23)21-10-6-3-7-11-21)30-17-22(29)25-16-19-8-4-2-5-9-19/h2-15H,16-17H2,1H3,(H,25,29). The van der Waals surface area contributed by atoms with Gasteiger partial charge in [-0.2, -0.15) is 0 Å². The molecule has 30 heavy (non-hydrogen) atoms. The summed E-state index contributed by atoms with van der Waals surface area (Å²) in [5.41, 5.74) is 4.21. The van der Waals surface area contributed by atoms with Crippen LogP contribution in [0.15, 0.2) is 90.1 Å². The third kappa shape index (κ3) is 4.78. The van der Waals surface area contributed by atoms with Crippen LogP contribution in [0.2, 0.25) is 0 Å². The highest BCUT2D eigenvalue weighted by Crippen LogP contribution is 2.28. The van der Waals surface area contributed by atoms with E-state index in [2.05, 4.69) is 34.6 Å². The van der Waals surface area contributed by atoms with Crippen molar-refractivity contribution in [1.82, 2.24) is 20.1 Å². The van der Waals surface area contributed by atoms with Gasteiger partial charge in [-0.1, -0.05) is 90.1 Å². The van der Waals surface area contributed by atoms with Crippen LogP contribution >= 0.6 is 11.8 Å². The Morgan fingerprint density at radius 3 is 2.27 bits per heavy atom. The monoisotopic (exact) mass is 414 g/mol. The first-order valence-electron chi connectivity index (χ1n) is 9.72. The van der Waals surface area contributed by atoms with Crippen molar-refractivity contribution < 1.29 is 4.79 Å². The third-order valence-electron chi connectivity index (χ3n) is 4.62. The van der Waals surface area contributed by atoms with Crippen molar-refractivity contribution >= 4 is 17.7 Å². The maximum absolute atomic E-state index is 12.4.